The zero-order valence-corrected chi connectivity index (χ0v) is 9.66. The van der Waals surface area contributed by atoms with E-state index in [9.17, 15) is 4.79 Å². The predicted molar refractivity (Wildman–Crippen MR) is 59.9 cm³/mol. The van der Waals surface area contributed by atoms with Crippen LogP contribution in [0.25, 0.3) is 0 Å². The van der Waals surface area contributed by atoms with Gasteiger partial charge in [0.2, 0.25) is 11.9 Å². The second-order valence-electron chi connectivity index (χ2n) is 4.13. The summed E-state index contributed by atoms with van der Waals surface area (Å²) in [4.78, 5) is 16.1. The summed E-state index contributed by atoms with van der Waals surface area (Å²) >= 11 is 0. The molecule has 6 heteroatoms. The largest absolute Gasteiger partial charge is 0.303 e. The van der Waals surface area contributed by atoms with E-state index in [0.717, 1.165) is 25.8 Å². The molecule has 1 unspecified atom stereocenters. The summed E-state index contributed by atoms with van der Waals surface area (Å²) in [5.74, 6) is 0.482. The van der Waals surface area contributed by atoms with Crippen LogP contribution in [0.1, 0.15) is 26.2 Å². The number of nitrogens with zero attached hydrogens (tertiary/aromatic N) is 3. The topological polar surface area (TPSA) is 71.8 Å². The van der Waals surface area contributed by atoms with E-state index in [1.807, 2.05) is 6.92 Å². The normalized spacial score (nSPS) is 24.6. The van der Waals surface area contributed by atoms with E-state index >= 15 is 0 Å². The Morgan fingerprint density at radius 3 is 3.06 bits per heavy atom. The smallest absolute Gasteiger partial charge is 0.247 e. The Bertz CT molecular complexity index is 380. The molecule has 1 atom stereocenters. The number of aromatic nitrogens is 3. The fourth-order valence-corrected chi connectivity index (χ4v) is 2.09. The minimum absolute atomic E-state index is 0.0106. The van der Waals surface area contributed by atoms with Gasteiger partial charge in [0.05, 0.1) is 5.54 Å². The molecular weight excluding hydrogens is 206 g/mol. The number of hydrogen-bond donors (Lipinski definition) is 2. The van der Waals surface area contributed by atoms with Gasteiger partial charge >= 0.3 is 0 Å². The molecule has 1 aliphatic rings. The SMILES string of the molecule is CCC1(C(=O)Nc2ncnn2C)CCCN1. The zero-order chi connectivity index (χ0) is 11.6. The maximum atomic E-state index is 12.2. The number of carbonyl (C=O) groups is 1. The van der Waals surface area contributed by atoms with E-state index < -0.39 is 5.54 Å². The Balaban J connectivity index is 2.10. The quantitative estimate of drug-likeness (QED) is 0.772. The second-order valence-corrected chi connectivity index (χ2v) is 4.13. The molecule has 1 aromatic heterocycles. The molecular formula is C10H17N5O. The molecule has 0 spiro atoms. The second kappa shape index (κ2) is 4.21. The summed E-state index contributed by atoms with van der Waals surface area (Å²) in [5, 5.41) is 10.0. The third-order valence-corrected chi connectivity index (χ3v) is 3.22. The van der Waals surface area contributed by atoms with Crippen LogP contribution in [-0.2, 0) is 11.8 Å². The van der Waals surface area contributed by atoms with E-state index in [2.05, 4.69) is 20.7 Å². The van der Waals surface area contributed by atoms with Crippen LogP contribution in [0.5, 0.6) is 0 Å². The molecule has 0 bridgehead atoms. The summed E-state index contributed by atoms with van der Waals surface area (Å²) in [6.07, 6.45) is 4.14. The van der Waals surface area contributed by atoms with Crippen LogP contribution in [0.4, 0.5) is 5.95 Å². The Morgan fingerprint density at radius 2 is 2.56 bits per heavy atom. The highest BCUT2D eigenvalue weighted by Crippen LogP contribution is 2.24. The van der Waals surface area contributed by atoms with Crippen molar-refractivity contribution in [1.29, 1.82) is 0 Å². The van der Waals surface area contributed by atoms with Gasteiger partial charge in [-0.05, 0) is 25.8 Å². The minimum atomic E-state index is -0.425. The maximum absolute atomic E-state index is 12.2. The molecule has 1 saturated heterocycles. The zero-order valence-electron chi connectivity index (χ0n) is 9.66. The lowest BCUT2D eigenvalue weighted by Crippen LogP contribution is -2.50. The van der Waals surface area contributed by atoms with Crippen LogP contribution in [0.2, 0.25) is 0 Å². The first kappa shape index (κ1) is 11.1. The summed E-state index contributed by atoms with van der Waals surface area (Å²) in [6, 6.07) is 0. The van der Waals surface area contributed by atoms with Gasteiger partial charge in [0.15, 0.2) is 0 Å². The highest BCUT2D eigenvalue weighted by molar-refractivity contribution is 5.97. The molecule has 1 amide bonds. The molecule has 0 aromatic carbocycles. The molecule has 1 aromatic rings. The van der Waals surface area contributed by atoms with Gasteiger partial charge in [-0.2, -0.15) is 10.1 Å². The Labute approximate surface area is 94.4 Å². The monoisotopic (exact) mass is 223 g/mol. The van der Waals surface area contributed by atoms with Gasteiger partial charge in [-0.15, -0.1) is 0 Å². The van der Waals surface area contributed by atoms with Crippen molar-refractivity contribution in [3.63, 3.8) is 0 Å². The lowest BCUT2D eigenvalue weighted by atomic mass is 9.93. The van der Waals surface area contributed by atoms with Crippen molar-refractivity contribution < 1.29 is 4.79 Å². The molecule has 0 saturated carbocycles. The van der Waals surface area contributed by atoms with Gasteiger partial charge in [-0.3, -0.25) is 10.1 Å². The van der Waals surface area contributed by atoms with Crippen LogP contribution in [0, 0.1) is 0 Å². The van der Waals surface area contributed by atoms with Gasteiger partial charge in [-0.25, -0.2) is 4.68 Å². The van der Waals surface area contributed by atoms with Crippen LogP contribution in [0.15, 0.2) is 6.33 Å². The van der Waals surface area contributed by atoms with Crippen molar-refractivity contribution in [2.45, 2.75) is 31.7 Å². The summed E-state index contributed by atoms with van der Waals surface area (Å²) < 4.78 is 1.55. The molecule has 2 N–H and O–H groups in total. The minimum Gasteiger partial charge on any atom is -0.303 e. The number of anilines is 1. The molecule has 6 nitrogen and oxygen atoms in total. The molecule has 16 heavy (non-hydrogen) atoms. The van der Waals surface area contributed by atoms with Gasteiger partial charge in [0, 0.05) is 7.05 Å². The van der Waals surface area contributed by atoms with Crippen LogP contribution in [0.3, 0.4) is 0 Å². The molecule has 2 heterocycles. The molecule has 0 radical (unpaired) electrons. The van der Waals surface area contributed by atoms with Crippen molar-refractivity contribution in [2.75, 3.05) is 11.9 Å². The van der Waals surface area contributed by atoms with E-state index in [1.165, 1.54) is 6.33 Å². The van der Waals surface area contributed by atoms with E-state index in [1.54, 1.807) is 11.7 Å². The molecule has 1 aliphatic heterocycles. The molecule has 2 rings (SSSR count). The van der Waals surface area contributed by atoms with Gasteiger partial charge in [0.25, 0.3) is 0 Å². The van der Waals surface area contributed by atoms with E-state index in [4.69, 9.17) is 0 Å². The first-order valence-corrected chi connectivity index (χ1v) is 5.58. The van der Waals surface area contributed by atoms with Crippen LogP contribution >= 0.6 is 0 Å². The standard InChI is InChI=1S/C10H17N5O/c1-3-10(5-4-6-12-10)8(16)14-9-11-7-13-15(9)2/h7,12H,3-6H2,1-2H3,(H,11,13,14,16). The van der Waals surface area contributed by atoms with Crippen LogP contribution < -0.4 is 10.6 Å². The van der Waals surface area contributed by atoms with Crippen molar-refractivity contribution in [2.24, 2.45) is 7.05 Å². The van der Waals surface area contributed by atoms with Crippen molar-refractivity contribution >= 4 is 11.9 Å². The maximum Gasteiger partial charge on any atom is 0.247 e. The number of hydrogen-bond acceptors (Lipinski definition) is 4. The van der Waals surface area contributed by atoms with E-state index in [-0.39, 0.29) is 5.91 Å². The van der Waals surface area contributed by atoms with Crippen molar-refractivity contribution in [3.8, 4) is 0 Å². The number of amides is 1. The first-order valence-electron chi connectivity index (χ1n) is 5.58. The van der Waals surface area contributed by atoms with Crippen LogP contribution in [-0.4, -0.2) is 32.8 Å². The lowest BCUT2D eigenvalue weighted by molar-refractivity contribution is -0.122. The fraction of sp³-hybridized carbons (Fsp3) is 0.700. The Hall–Kier alpha value is -1.43. The molecule has 88 valence electrons. The summed E-state index contributed by atoms with van der Waals surface area (Å²) in [6.45, 7) is 2.93. The Morgan fingerprint density at radius 1 is 1.75 bits per heavy atom. The summed E-state index contributed by atoms with van der Waals surface area (Å²) in [7, 11) is 1.75. The highest BCUT2D eigenvalue weighted by Gasteiger charge is 2.39. The Kier molecular flexibility index (Phi) is 2.91. The number of aryl methyl sites for hydroxylation is 1. The van der Waals surface area contributed by atoms with Gasteiger partial charge < -0.3 is 5.32 Å². The number of nitrogens with one attached hydrogen (secondary N) is 2. The summed E-state index contributed by atoms with van der Waals surface area (Å²) in [5.41, 5.74) is -0.425. The fourth-order valence-electron chi connectivity index (χ4n) is 2.09. The average Bonchev–Trinajstić information content (AvgIpc) is 2.89. The highest BCUT2D eigenvalue weighted by atomic mass is 16.2. The third kappa shape index (κ3) is 1.80. The van der Waals surface area contributed by atoms with Gasteiger partial charge in [0.1, 0.15) is 6.33 Å². The number of rotatable bonds is 3. The predicted octanol–water partition coefficient (Wildman–Crippen LogP) is 0.286. The van der Waals surface area contributed by atoms with Crippen molar-refractivity contribution in [3.05, 3.63) is 6.33 Å². The number of carbonyl (C=O) groups excluding carboxylic acids is 1. The first-order chi connectivity index (χ1) is 7.68. The van der Waals surface area contributed by atoms with E-state index in [0.29, 0.717) is 5.95 Å². The van der Waals surface area contributed by atoms with Crippen molar-refractivity contribution in [1.82, 2.24) is 20.1 Å². The average molecular weight is 223 g/mol. The molecule has 0 aliphatic carbocycles. The molecule has 1 fully saturated rings. The lowest BCUT2D eigenvalue weighted by Gasteiger charge is -2.26. The third-order valence-electron chi connectivity index (χ3n) is 3.22. The van der Waals surface area contributed by atoms with Gasteiger partial charge in [-0.1, -0.05) is 6.92 Å².